The van der Waals surface area contributed by atoms with Gasteiger partial charge in [0.1, 0.15) is 16.9 Å². The molecule has 0 saturated heterocycles. The summed E-state index contributed by atoms with van der Waals surface area (Å²) in [6.07, 6.45) is 1.32. The number of aromatic nitrogens is 4. The Morgan fingerprint density at radius 3 is 1.80 bits per heavy atom. The molecule has 0 aliphatic carbocycles. The first-order chi connectivity index (χ1) is 13.7. The van der Waals surface area contributed by atoms with Crippen molar-refractivity contribution in [2.45, 2.75) is 52.7 Å². The van der Waals surface area contributed by atoms with Crippen molar-refractivity contribution in [1.29, 1.82) is 0 Å². The van der Waals surface area contributed by atoms with E-state index in [2.05, 4.69) is 20.8 Å². The van der Waals surface area contributed by atoms with Crippen LogP contribution in [0.15, 0.2) is 18.3 Å². The van der Waals surface area contributed by atoms with Crippen molar-refractivity contribution in [3.8, 4) is 0 Å². The molecule has 0 aromatic carbocycles. The lowest BCUT2D eigenvalue weighted by atomic mass is 10.2. The van der Waals surface area contributed by atoms with Gasteiger partial charge >= 0.3 is 12.2 Å². The Hall–Kier alpha value is -3.37. The number of rotatable bonds is 3. The molecule has 0 aliphatic rings. The zero-order chi connectivity index (χ0) is 23.1. The number of nitrogens with one attached hydrogen (secondary N) is 2. The van der Waals surface area contributed by atoms with E-state index in [0.29, 0.717) is 23.6 Å². The van der Waals surface area contributed by atoms with Crippen molar-refractivity contribution < 1.29 is 23.9 Å². The molecule has 0 bridgehead atoms. The minimum absolute atomic E-state index is 0.291. The Labute approximate surface area is 175 Å². The van der Waals surface area contributed by atoms with Crippen molar-refractivity contribution in [2.24, 2.45) is 14.1 Å². The lowest BCUT2D eigenvalue weighted by Gasteiger charge is -2.19. The van der Waals surface area contributed by atoms with Crippen molar-refractivity contribution in [3.05, 3.63) is 24.0 Å². The van der Waals surface area contributed by atoms with E-state index in [1.54, 1.807) is 51.8 Å². The van der Waals surface area contributed by atoms with Gasteiger partial charge in [0, 0.05) is 32.4 Å². The molecule has 2 aromatic heterocycles. The second-order valence-electron chi connectivity index (χ2n) is 8.32. The van der Waals surface area contributed by atoms with E-state index in [1.165, 1.54) is 10.7 Å². The average molecular weight is 422 g/mol. The van der Waals surface area contributed by atoms with Gasteiger partial charge in [-0.05, 0) is 41.5 Å². The molecule has 2 rings (SSSR count). The Balaban J connectivity index is 0.000000303. The number of nitrogens with zero attached hydrogens (tertiary/aromatic N) is 4. The molecule has 0 atom stereocenters. The van der Waals surface area contributed by atoms with Crippen molar-refractivity contribution in [3.63, 3.8) is 0 Å². The summed E-state index contributed by atoms with van der Waals surface area (Å²) >= 11 is 0. The Morgan fingerprint density at radius 2 is 1.43 bits per heavy atom. The highest BCUT2D eigenvalue weighted by Crippen LogP contribution is 2.11. The molecule has 0 spiro atoms. The van der Waals surface area contributed by atoms with Crippen LogP contribution < -0.4 is 10.6 Å². The number of ether oxygens (including phenoxy) is 2. The maximum atomic E-state index is 11.4. The first-order valence-corrected chi connectivity index (χ1v) is 9.17. The van der Waals surface area contributed by atoms with Gasteiger partial charge in [0.15, 0.2) is 17.9 Å². The molecule has 2 amide bonds. The van der Waals surface area contributed by atoms with Crippen LogP contribution >= 0.6 is 0 Å². The third kappa shape index (κ3) is 9.71. The van der Waals surface area contributed by atoms with Crippen molar-refractivity contribution >= 4 is 30.1 Å². The monoisotopic (exact) mass is 422 g/mol. The number of aldehydes is 1. The maximum Gasteiger partial charge on any atom is 0.413 e. The Morgan fingerprint density at radius 1 is 0.933 bits per heavy atom. The number of carbonyl (C=O) groups excluding carboxylic acids is 3. The van der Waals surface area contributed by atoms with Gasteiger partial charge in [-0.2, -0.15) is 10.2 Å². The topological polar surface area (TPSA) is 129 Å². The van der Waals surface area contributed by atoms with E-state index in [4.69, 9.17) is 9.47 Å². The van der Waals surface area contributed by atoms with Gasteiger partial charge in [-0.15, -0.1) is 0 Å². The minimum Gasteiger partial charge on any atom is -0.444 e. The average Bonchev–Trinajstić information content (AvgIpc) is 3.09. The van der Waals surface area contributed by atoms with Gasteiger partial charge in [-0.1, -0.05) is 0 Å². The predicted octanol–water partition coefficient (Wildman–Crippen LogP) is 3.35. The number of anilines is 2. The fourth-order valence-electron chi connectivity index (χ4n) is 1.95. The summed E-state index contributed by atoms with van der Waals surface area (Å²) in [7, 11) is 3.39. The number of amides is 2. The van der Waals surface area contributed by atoms with Crippen LogP contribution in [0.5, 0.6) is 0 Å². The highest BCUT2D eigenvalue weighted by molar-refractivity contribution is 5.85. The summed E-state index contributed by atoms with van der Waals surface area (Å²) in [5.41, 5.74) is -0.670. The van der Waals surface area contributed by atoms with E-state index >= 15 is 0 Å². The summed E-state index contributed by atoms with van der Waals surface area (Å²) in [6.45, 7) is 10.7. The summed E-state index contributed by atoms with van der Waals surface area (Å²) < 4.78 is 13.1. The van der Waals surface area contributed by atoms with Crippen LogP contribution in [0.4, 0.5) is 21.2 Å². The smallest absolute Gasteiger partial charge is 0.413 e. The van der Waals surface area contributed by atoms with Gasteiger partial charge in [0.25, 0.3) is 0 Å². The molecule has 30 heavy (non-hydrogen) atoms. The van der Waals surface area contributed by atoms with Gasteiger partial charge in [0.2, 0.25) is 0 Å². The lowest BCUT2D eigenvalue weighted by Crippen LogP contribution is -2.27. The van der Waals surface area contributed by atoms with Gasteiger partial charge in [0.05, 0.1) is 0 Å². The summed E-state index contributed by atoms with van der Waals surface area (Å²) in [5.74, 6) is 0.778. The fourth-order valence-corrected chi connectivity index (χ4v) is 1.95. The number of hydrogen-bond donors (Lipinski definition) is 2. The molecular formula is C19H30N6O5. The Kier molecular flexibility index (Phi) is 8.14. The van der Waals surface area contributed by atoms with Crippen LogP contribution in [0.2, 0.25) is 0 Å². The molecule has 11 heteroatoms. The molecule has 0 saturated carbocycles. The predicted molar refractivity (Wildman–Crippen MR) is 112 cm³/mol. The molecule has 2 N–H and O–H groups in total. The molecule has 0 aliphatic heterocycles. The first-order valence-electron chi connectivity index (χ1n) is 9.17. The zero-order valence-corrected chi connectivity index (χ0v) is 18.6. The second kappa shape index (κ2) is 9.90. The summed E-state index contributed by atoms with van der Waals surface area (Å²) in [5, 5.41) is 12.9. The molecule has 2 aromatic rings. The van der Waals surface area contributed by atoms with Crippen LogP contribution in [0, 0.1) is 0 Å². The van der Waals surface area contributed by atoms with Crippen LogP contribution in [-0.4, -0.2) is 49.2 Å². The van der Waals surface area contributed by atoms with Crippen molar-refractivity contribution in [2.75, 3.05) is 10.6 Å². The van der Waals surface area contributed by atoms with Gasteiger partial charge in [-0.25, -0.2) is 9.59 Å². The molecule has 0 radical (unpaired) electrons. The van der Waals surface area contributed by atoms with E-state index in [0.717, 1.165) is 0 Å². The van der Waals surface area contributed by atoms with Crippen LogP contribution in [-0.2, 0) is 23.6 Å². The van der Waals surface area contributed by atoms with E-state index in [9.17, 15) is 14.4 Å². The Bertz CT molecular complexity index is 873. The third-order valence-electron chi connectivity index (χ3n) is 3.01. The normalized spacial score (nSPS) is 11.1. The second-order valence-corrected chi connectivity index (χ2v) is 8.32. The number of carbonyl (C=O) groups is 3. The van der Waals surface area contributed by atoms with Gasteiger partial charge < -0.3 is 9.47 Å². The fraction of sp³-hybridized carbons (Fsp3) is 0.526. The highest BCUT2D eigenvalue weighted by atomic mass is 16.6. The first kappa shape index (κ1) is 24.7. The van der Waals surface area contributed by atoms with E-state index < -0.39 is 23.4 Å². The molecule has 0 fully saturated rings. The van der Waals surface area contributed by atoms with E-state index in [1.807, 2.05) is 20.8 Å². The van der Waals surface area contributed by atoms with Crippen molar-refractivity contribution in [1.82, 2.24) is 19.6 Å². The molecule has 0 unspecified atom stereocenters. The zero-order valence-electron chi connectivity index (χ0n) is 18.6. The number of hydrogen-bond acceptors (Lipinski definition) is 7. The lowest BCUT2D eigenvalue weighted by molar-refractivity contribution is 0.0623. The SMILES string of the molecule is Cn1ccc(NC(=O)OC(C)(C)C)n1.Cn1nc(NC(=O)OC(C)(C)C)cc1C=O. The quantitative estimate of drug-likeness (QED) is 0.726. The standard InChI is InChI=1S/C10H15N3O3.C9H15N3O2/c1-10(2,3)16-9(15)11-8-5-7(6-14)13(4)12-8;1-9(2,3)14-8(13)10-7-5-6-12(4)11-7/h5-6H,1-4H3,(H,11,12,15);5-6H,1-4H3,(H,10,11,13). The van der Waals surface area contributed by atoms with Gasteiger partial charge in [-0.3, -0.25) is 24.8 Å². The highest BCUT2D eigenvalue weighted by Gasteiger charge is 2.18. The molecule has 11 nitrogen and oxygen atoms in total. The molecular weight excluding hydrogens is 392 g/mol. The summed E-state index contributed by atoms with van der Waals surface area (Å²) in [6, 6.07) is 3.17. The third-order valence-corrected chi connectivity index (χ3v) is 3.01. The number of aryl methyl sites for hydroxylation is 2. The van der Waals surface area contributed by atoms with Crippen LogP contribution in [0.3, 0.4) is 0 Å². The molecule has 2 heterocycles. The van der Waals surface area contributed by atoms with Crippen LogP contribution in [0.25, 0.3) is 0 Å². The molecule has 166 valence electrons. The van der Waals surface area contributed by atoms with E-state index in [-0.39, 0.29) is 0 Å². The maximum absolute atomic E-state index is 11.4. The summed E-state index contributed by atoms with van der Waals surface area (Å²) in [4.78, 5) is 33.2. The van der Waals surface area contributed by atoms with Crippen LogP contribution in [0.1, 0.15) is 52.0 Å². The minimum atomic E-state index is -0.594. The largest absolute Gasteiger partial charge is 0.444 e.